The Morgan fingerprint density at radius 3 is 1.55 bits per heavy atom. The number of benzene rings is 3. The molecular formula is C41H58O3. The number of rotatable bonds is 23. The first-order chi connectivity index (χ1) is 21.6. The van der Waals surface area contributed by atoms with Crippen LogP contribution in [0.1, 0.15) is 142 Å². The molecule has 0 N–H and O–H groups in total. The largest absolute Gasteiger partial charge is 0.494 e. The Bertz CT molecular complexity index is 1170. The lowest BCUT2D eigenvalue weighted by atomic mass is 9.93. The van der Waals surface area contributed by atoms with Gasteiger partial charge in [-0.05, 0) is 59.7 Å². The number of hydrogen-bond donors (Lipinski definition) is 0. The number of hydrogen-bond acceptors (Lipinski definition) is 3. The second-order valence-electron chi connectivity index (χ2n) is 12.4. The third kappa shape index (κ3) is 13.3. The van der Waals surface area contributed by atoms with Crippen molar-refractivity contribution in [3.63, 3.8) is 0 Å². The van der Waals surface area contributed by atoms with Gasteiger partial charge in [0.1, 0.15) is 11.9 Å². The van der Waals surface area contributed by atoms with Gasteiger partial charge in [-0.25, -0.2) is 0 Å². The second-order valence-corrected chi connectivity index (χ2v) is 12.4. The van der Waals surface area contributed by atoms with Crippen LogP contribution in [0.25, 0.3) is 22.3 Å². The molecule has 1 atom stereocenters. The van der Waals surface area contributed by atoms with Crippen molar-refractivity contribution >= 4 is 5.97 Å². The van der Waals surface area contributed by atoms with E-state index in [1.165, 1.54) is 100 Å². The molecule has 0 heterocycles. The van der Waals surface area contributed by atoms with Crippen molar-refractivity contribution in [2.75, 3.05) is 6.61 Å². The van der Waals surface area contributed by atoms with Gasteiger partial charge >= 0.3 is 5.97 Å². The second kappa shape index (κ2) is 21.6. The third-order valence-corrected chi connectivity index (χ3v) is 8.59. The van der Waals surface area contributed by atoms with Crippen LogP contribution in [-0.2, 0) is 9.53 Å². The maximum atomic E-state index is 12.5. The molecule has 0 saturated carbocycles. The topological polar surface area (TPSA) is 35.5 Å². The van der Waals surface area contributed by atoms with Crippen LogP contribution in [0, 0.1) is 0 Å². The summed E-state index contributed by atoms with van der Waals surface area (Å²) < 4.78 is 11.8. The van der Waals surface area contributed by atoms with Crippen molar-refractivity contribution in [1.29, 1.82) is 0 Å². The third-order valence-electron chi connectivity index (χ3n) is 8.59. The van der Waals surface area contributed by atoms with Gasteiger partial charge in [-0.3, -0.25) is 4.79 Å². The van der Waals surface area contributed by atoms with E-state index in [4.69, 9.17) is 9.47 Å². The predicted octanol–water partition coefficient (Wildman–Crippen LogP) is 12.7. The smallest absolute Gasteiger partial charge is 0.306 e. The van der Waals surface area contributed by atoms with Gasteiger partial charge in [0.05, 0.1) is 6.61 Å². The summed E-state index contributed by atoms with van der Waals surface area (Å²) in [5.74, 6) is 0.840. The molecule has 0 spiro atoms. The van der Waals surface area contributed by atoms with Crippen LogP contribution in [0.4, 0.5) is 0 Å². The summed E-state index contributed by atoms with van der Waals surface area (Å²) in [5, 5.41) is 0. The fraction of sp³-hybridized carbons (Fsp3) is 0.537. The van der Waals surface area contributed by atoms with Crippen molar-refractivity contribution in [2.45, 2.75) is 136 Å². The summed E-state index contributed by atoms with van der Waals surface area (Å²) >= 11 is 0. The zero-order chi connectivity index (χ0) is 31.2. The van der Waals surface area contributed by atoms with Crippen molar-refractivity contribution < 1.29 is 14.3 Å². The standard InChI is InChI=1S/C41H58O3/c1-4-6-8-10-12-13-14-15-16-18-24-41(42)44-34(3)35-25-27-36(28-26-35)39-22-19-20-23-40(39)37-29-31-38(32-30-37)43-33-21-17-11-9-7-5-2/h19-20,22-23,25-32,34H,4-18,21,24,33H2,1-3H3. The highest BCUT2D eigenvalue weighted by molar-refractivity contribution is 5.83. The normalized spacial score (nSPS) is 11.8. The minimum atomic E-state index is -0.251. The van der Waals surface area contributed by atoms with Crippen LogP contribution in [0.15, 0.2) is 72.8 Å². The van der Waals surface area contributed by atoms with E-state index in [2.05, 4.69) is 86.6 Å². The Kier molecular flexibility index (Phi) is 17.4. The maximum Gasteiger partial charge on any atom is 0.306 e. The quantitative estimate of drug-likeness (QED) is 0.0804. The summed E-state index contributed by atoms with van der Waals surface area (Å²) in [6.07, 6.45) is 20.5. The van der Waals surface area contributed by atoms with E-state index < -0.39 is 0 Å². The summed E-state index contributed by atoms with van der Waals surface area (Å²) in [7, 11) is 0. The molecule has 44 heavy (non-hydrogen) atoms. The average Bonchev–Trinajstić information content (AvgIpc) is 3.05. The van der Waals surface area contributed by atoms with E-state index in [0.717, 1.165) is 42.7 Å². The van der Waals surface area contributed by atoms with Gasteiger partial charge in [-0.2, -0.15) is 0 Å². The molecular weight excluding hydrogens is 540 g/mol. The number of carbonyl (C=O) groups is 1. The minimum absolute atomic E-state index is 0.0918. The molecule has 3 aromatic carbocycles. The van der Waals surface area contributed by atoms with Gasteiger partial charge in [-0.1, -0.05) is 164 Å². The van der Waals surface area contributed by atoms with Gasteiger partial charge in [-0.15, -0.1) is 0 Å². The van der Waals surface area contributed by atoms with Crippen LogP contribution in [0.2, 0.25) is 0 Å². The zero-order valence-corrected chi connectivity index (χ0v) is 28.0. The summed E-state index contributed by atoms with van der Waals surface area (Å²) in [5.41, 5.74) is 5.72. The molecule has 0 radical (unpaired) electrons. The van der Waals surface area contributed by atoms with Gasteiger partial charge in [0.2, 0.25) is 0 Å². The van der Waals surface area contributed by atoms with Crippen LogP contribution >= 0.6 is 0 Å². The molecule has 3 nitrogen and oxygen atoms in total. The molecule has 0 aliphatic rings. The Morgan fingerprint density at radius 2 is 1.02 bits per heavy atom. The van der Waals surface area contributed by atoms with Crippen molar-refractivity contribution in [3.05, 3.63) is 78.4 Å². The van der Waals surface area contributed by atoms with E-state index in [1.807, 2.05) is 6.92 Å². The fourth-order valence-corrected chi connectivity index (χ4v) is 5.80. The maximum absolute atomic E-state index is 12.5. The fourth-order valence-electron chi connectivity index (χ4n) is 5.80. The summed E-state index contributed by atoms with van der Waals surface area (Å²) in [4.78, 5) is 12.5. The summed E-state index contributed by atoms with van der Waals surface area (Å²) in [6, 6.07) is 25.4. The molecule has 0 aliphatic heterocycles. The molecule has 3 heteroatoms. The highest BCUT2D eigenvalue weighted by atomic mass is 16.5. The Balaban J connectivity index is 1.44. The van der Waals surface area contributed by atoms with Gasteiger partial charge < -0.3 is 9.47 Å². The number of ether oxygens (including phenoxy) is 2. The number of esters is 1. The molecule has 0 bridgehead atoms. The van der Waals surface area contributed by atoms with Gasteiger partial charge in [0, 0.05) is 6.42 Å². The predicted molar refractivity (Wildman–Crippen MR) is 187 cm³/mol. The highest BCUT2D eigenvalue weighted by Crippen LogP contribution is 2.34. The molecule has 0 aliphatic carbocycles. The van der Waals surface area contributed by atoms with Crippen LogP contribution in [-0.4, -0.2) is 12.6 Å². The van der Waals surface area contributed by atoms with E-state index in [-0.39, 0.29) is 12.1 Å². The van der Waals surface area contributed by atoms with Crippen LogP contribution in [0.3, 0.4) is 0 Å². The first-order valence-electron chi connectivity index (χ1n) is 17.7. The molecule has 0 amide bonds. The molecule has 0 aromatic heterocycles. The molecule has 0 fully saturated rings. The first kappa shape index (κ1) is 35.4. The molecule has 1 unspecified atom stereocenters. The van der Waals surface area contributed by atoms with Gasteiger partial charge in [0.25, 0.3) is 0 Å². The SMILES string of the molecule is CCCCCCCCCCCCC(=O)OC(C)c1ccc(-c2ccccc2-c2ccc(OCCCCCCCC)cc2)cc1. The van der Waals surface area contributed by atoms with E-state index in [9.17, 15) is 4.79 Å². The lowest BCUT2D eigenvalue weighted by Crippen LogP contribution is -2.08. The van der Waals surface area contributed by atoms with Crippen LogP contribution < -0.4 is 4.74 Å². The Morgan fingerprint density at radius 1 is 0.568 bits per heavy atom. The van der Waals surface area contributed by atoms with E-state index in [0.29, 0.717) is 6.42 Å². The van der Waals surface area contributed by atoms with Crippen molar-refractivity contribution in [1.82, 2.24) is 0 Å². The Hall–Kier alpha value is -3.07. The van der Waals surface area contributed by atoms with E-state index in [1.54, 1.807) is 0 Å². The zero-order valence-electron chi connectivity index (χ0n) is 28.0. The average molecular weight is 599 g/mol. The van der Waals surface area contributed by atoms with Crippen molar-refractivity contribution in [3.8, 4) is 28.0 Å². The van der Waals surface area contributed by atoms with E-state index >= 15 is 0 Å². The van der Waals surface area contributed by atoms with Crippen LogP contribution in [0.5, 0.6) is 5.75 Å². The lowest BCUT2D eigenvalue weighted by molar-refractivity contribution is -0.148. The Labute approximate surface area is 268 Å². The number of unbranched alkanes of at least 4 members (excludes halogenated alkanes) is 14. The molecule has 0 saturated heterocycles. The van der Waals surface area contributed by atoms with Gasteiger partial charge in [0.15, 0.2) is 0 Å². The lowest BCUT2D eigenvalue weighted by Gasteiger charge is -2.15. The molecule has 240 valence electrons. The molecule has 3 aromatic rings. The van der Waals surface area contributed by atoms with Crippen molar-refractivity contribution in [2.24, 2.45) is 0 Å². The first-order valence-corrected chi connectivity index (χ1v) is 17.7. The molecule has 3 rings (SSSR count). The highest BCUT2D eigenvalue weighted by Gasteiger charge is 2.13. The summed E-state index contributed by atoms with van der Waals surface area (Å²) in [6.45, 7) is 7.26. The minimum Gasteiger partial charge on any atom is -0.494 e. The monoisotopic (exact) mass is 598 g/mol. The number of carbonyl (C=O) groups excluding carboxylic acids is 1.